The van der Waals surface area contributed by atoms with Crippen molar-refractivity contribution >= 4 is 21.8 Å². The van der Waals surface area contributed by atoms with E-state index in [-0.39, 0.29) is 10.3 Å². The Morgan fingerprint density at radius 1 is 1.41 bits per heavy atom. The van der Waals surface area contributed by atoms with E-state index in [1.54, 1.807) is 36.0 Å². The Labute approximate surface area is 106 Å². The molecule has 17 heavy (non-hydrogen) atoms. The van der Waals surface area contributed by atoms with E-state index in [4.69, 9.17) is 4.74 Å². The van der Waals surface area contributed by atoms with Crippen LogP contribution in [0.4, 0.5) is 0 Å². The number of thioether (sulfide) groups is 1. The summed E-state index contributed by atoms with van der Waals surface area (Å²) in [6, 6.07) is 6.73. The van der Waals surface area contributed by atoms with Crippen LogP contribution < -0.4 is 4.74 Å². The van der Waals surface area contributed by atoms with E-state index in [0.29, 0.717) is 12.3 Å². The maximum absolute atomic E-state index is 12.5. The van der Waals surface area contributed by atoms with Crippen LogP contribution in [0.5, 0.6) is 5.75 Å². The van der Waals surface area contributed by atoms with E-state index in [1.807, 2.05) is 6.92 Å². The maximum Gasteiger partial charge on any atom is 0.247 e. The minimum atomic E-state index is -3.44. The van der Waals surface area contributed by atoms with Gasteiger partial charge in [0.15, 0.2) is 0 Å². The lowest BCUT2D eigenvalue weighted by Crippen LogP contribution is -2.33. The second kappa shape index (κ2) is 4.88. The van der Waals surface area contributed by atoms with Gasteiger partial charge in [-0.25, -0.2) is 8.42 Å². The van der Waals surface area contributed by atoms with Crippen molar-refractivity contribution in [2.45, 2.75) is 17.2 Å². The van der Waals surface area contributed by atoms with Gasteiger partial charge in [-0.1, -0.05) is 12.1 Å². The van der Waals surface area contributed by atoms with Gasteiger partial charge in [-0.15, -0.1) is 11.8 Å². The average Bonchev–Trinajstić information content (AvgIpc) is 2.76. The summed E-state index contributed by atoms with van der Waals surface area (Å²) in [4.78, 5) is 0.247. The minimum absolute atomic E-state index is 0.00934. The molecule has 1 aromatic rings. The Kier molecular flexibility index (Phi) is 3.65. The number of hydrogen-bond acceptors (Lipinski definition) is 4. The molecule has 1 atom stereocenters. The van der Waals surface area contributed by atoms with E-state index < -0.39 is 10.0 Å². The van der Waals surface area contributed by atoms with Gasteiger partial charge in [-0.2, -0.15) is 4.31 Å². The molecule has 0 radical (unpaired) electrons. The van der Waals surface area contributed by atoms with Crippen molar-refractivity contribution in [3.8, 4) is 5.75 Å². The highest BCUT2D eigenvalue weighted by atomic mass is 32.2. The smallest absolute Gasteiger partial charge is 0.247 e. The molecule has 1 fully saturated rings. The van der Waals surface area contributed by atoms with Gasteiger partial charge in [0.2, 0.25) is 10.0 Å². The Hall–Kier alpha value is -0.720. The molecule has 1 aromatic carbocycles. The standard InChI is InChI=1S/C11H15NO3S2/c1-9-12(7-8-16-9)17(13,14)11-6-4-3-5-10(11)15-2/h3-6,9H,7-8H2,1-2H3. The van der Waals surface area contributed by atoms with Crippen LogP contribution in [-0.4, -0.2) is 37.5 Å². The maximum atomic E-state index is 12.5. The normalized spacial score (nSPS) is 21.6. The molecule has 94 valence electrons. The second-order valence-electron chi connectivity index (χ2n) is 3.74. The molecular formula is C11H15NO3S2. The quantitative estimate of drug-likeness (QED) is 0.842. The van der Waals surface area contributed by atoms with E-state index in [9.17, 15) is 8.42 Å². The molecule has 1 heterocycles. The first-order valence-electron chi connectivity index (χ1n) is 5.34. The molecule has 2 rings (SSSR count). The predicted octanol–water partition coefficient (Wildman–Crippen LogP) is 1.78. The van der Waals surface area contributed by atoms with Crippen LogP contribution >= 0.6 is 11.8 Å². The third-order valence-corrected chi connectivity index (χ3v) is 6.03. The molecule has 4 nitrogen and oxygen atoms in total. The molecule has 0 aromatic heterocycles. The van der Waals surface area contributed by atoms with Crippen LogP contribution in [0.1, 0.15) is 6.92 Å². The average molecular weight is 273 g/mol. The van der Waals surface area contributed by atoms with Crippen LogP contribution in [-0.2, 0) is 10.0 Å². The third kappa shape index (κ3) is 2.29. The number of nitrogens with zero attached hydrogens (tertiary/aromatic N) is 1. The molecule has 0 aliphatic carbocycles. The SMILES string of the molecule is COc1ccccc1S(=O)(=O)N1CCSC1C. The zero-order valence-corrected chi connectivity index (χ0v) is 11.4. The van der Waals surface area contributed by atoms with Crippen LogP contribution in [0, 0.1) is 0 Å². The van der Waals surface area contributed by atoms with Crippen LogP contribution in [0.2, 0.25) is 0 Å². The number of methoxy groups -OCH3 is 1. The van der Waals surface area contributed by atoms with Gasteiger partial charge in [0.1, 0.15) is 10.6 Å². The lowest BCUT2D eigenvalue weighted by atomic mass is 10.3. The fourth-order valence-electron chi connectivity index (χ4n) is 1.85. The molecule has 0 spiro atoms. The van der Waals surface area contributed by atoms with Crippen molar-refractivity contribution in [1.82, 2.24) is 4.31 Å². The largest absolute Gasteiger partial charge is 0.495 e. The predicted molar refractivity (Wildman–Crippen MR) is 68.8 cm³/mol. The minimum Gasteiger partial charge on any atom is -0.495 e. The zero-order chi connectivity index (χ0) is 12.5. The lowest BCUT2D eigenvalue weighted by Gasteiger charge is -2.21. The summed E-state index contributed by atoms with van der Waals surface area (Å²) in [6.07, 6.45) is 0. The highest BCUT2D eigenvalue weighted by Crippen LogP contribution is 2.33. The zero-order valence-electron chi connectivity index (χ0n) is 9.79. The molecule has 0 amide bonds. The highest BCUT2D eigenvalue weighted by molar-refractivity contribution is 8.01. The van der Waals surface area contributed by atoms with Gasteiger partial charge >= 0.3 is 0 Å². The van der Waals surface area contributed by atoms with Crippen molar-refractivity contribution in [3.63, 3.8) is 0 Å². The first-order chi connectivity index (χ1) is 8.07. The van der Waals surface area contributed by atoms with Gasteiger partial charge in [0.05, 0.1) is 12.5 Å². The monoisotopic (exact) mass is 273 g/mol. The molecule has 6 heteroatoms. The summed E-state index contributed by atoms with van der Waals surface area (Å²) in [5.74, 6) is 1.24. The molecule has 1 aliphatic rings. The molecule has 0 saturated carbocycles. The van der Waals surface area contributed by atoms with Crippen molar-refractivity contribution in [1.29, 1.82) is 0 Å². The fraction of sp³-hybridized carbons (Fsp3) is 0.455. The number of ether oxygens (including phenoxy) is 1. The Morgan fingerprint density at radius 3 is 2.71 bits per heavy atom. The number of para-hydroxylation sites is 1. The molecule has 1 unspecified atom stereocenters. The highest BCUT2D eigenvalue weighted by Gasteiger charge is 2.34. The number of hydrogen-bond donors (Lipinski definition) is 0. The number of benzene rings is 1. The molecule has 0 N–H and O–H groups in total. The van der Waals surface area contributed by atoms with Crippen LogP contribution in [0.3, 0.4) is 0 Å². The van der Waals surface area contributed by atoms with Crippen LogP contribution in [0.15, 0.2) is 29.2 Å². The molecule has 1 aliphatic heterocycles. The van der Waals surface area contributed by atoms with Gasteiger partial charge in [-0.05, 0) is 19.1 Å². The van der Waals surface area contributed by atoms with Crippen molar-refractivity contribution in [2.75, 3.05) is 19.4 Å². The third-order valence-electron chi connectivity index (χ3n) is 2.73. The first-order valence-corrected chi connectivity index (χ1v) is 7.82. The van der Waals surface area contributed by atoms with Gasteiger partial charge in [0.25, 0.3) is 0 Å². The summed E-state index contributed by atoms with van der Waals surface area (Å²) in [6.45, 7) is 2.47. The number of sulfonamides is 1. The van der Waals surface area contributed by atoms with Gasteiger partial charge in [-0.3, -0.25) is 0 Å². The topological polar surface area (TPSA) is 46.6 Å². The Balaban J connectivity index is 2.44. The molecular weight excluding hydrogens is 258 g/mol. The summed E-state index contributed by atoms with van der Waals surface area (Å²) >= 11 is 1.65. The Bertz CT molecular complexity index is 501. The summed E-state index contributed by atoms with van der Waals surface area (Å²) < 4.78 is 31.6. The first kappa shape index (κ1) is 12.7. The van der Waals surface area contributed by atoms with Crippen molar-refractivity contribution in [2.24, 2.45) is 0 Å². The van der Waals surface area contributed by atoms with Crippen molar-refractivity contribution < 1.29 is 13.2 Å². The number of rotatable bonds is 3. The molecule has 0 bridgehead atoms. The molecule has 1 saturated heterocycles. The summed E-state index contributed by atoms with van der Waals surface area (Å²) in [5.41, 5.74) is 0. The lowest BCUT2D eigenvalue weighted by molar-refractivity contribution is 0.395. The van der Waals surface area contributed by atoms with E-state index in [1.165, 1.54) is 11.4 Å². The van der Waals surface area contributed by atoms with Crippen molar-refractivity contribution in [3.05, 3.63) is 24.3 Å². The van der Waals surface area contributed by atoms with Gasteiger partial charge in [0, 0.05) is 12.3 Å². The van der Waals surface area contributed by atoms with E-state index in [0.717, 1.165) is 5.75 Å². The van der Waals surface area contributed by atoms with E-state index in [2.05, 4.69) is 0 Å². The second-order valence-corrected chi connectivity index (χ2v) is 7.02. The fourth-order valence-corrected chi connectivity index (χ4v) is 5.04. The van der Waals surface area contributed by atoms with Gasteiger partial charge < -0.3 is 4.74 Å². The Morgan fingerprint density at radius 2 is 2.12 bits per heavy atom. The summed E-state index contributed by atoms with van der Waals surface area (Å²) in [7, 11) is -1.96. The summed E-state index contributed by atoms with van der Waals surface area (Å²) in [5, 5.41) is -0.00934. The van der Waals surface area contributed by atoms with E-state index >= 15 is 0 Å². The van der Waals surface area contributed by atoms with Crippen LogP contribution in [0.25, 0.3) is 0 Å².